The molecular formula is C40H36S2. The standard InChI is InChI=1S/C40H36S2/c1-41(2,3)37-23-21-35(27-13-5-7-15-29(27)37)39-31-17-9-11-19-33(31)40(34-20-12-10-18-32(34)39)36-22-24-38(42(4)25-26-42)30-16-8-6-14-28(30)36/h5-24H,25-26H2,1-4H3. The zero-order chi connectivity index (χ0) is 28.6. The SMILES string of the molecule is CS(C)(C)c1ccc(-c2c3ccccc3c(-c3ccc(S4(C)CC4)c4ccccc34)c3ccccc23)c2ccccc12. The second kappa shape index (κ2) is 9.39. The Kier molecular flexibility index (Phi) is 5.80. The molecule has 0 unspecified atom stereocenters. The third-order valence-corrected chi connectivity index (χ3v) is 14.0. The lowest BCUT2D eigenvalue weighted by Gasteiger charge is -2.28. The van der Waals surface area contributed by atoms with Crippen LogP contribution in [0.2, 0.25) is 0 Å². The second-order valence-electron chi connectivity index (χ2n) is 12.7. The molecule has 0 aromatic heterocycles. The summed E-state index contributed by atoms with van der Waals surface area (Å²) in [4.78, 5) is 3.06. The highest BCUT2D eigenvalue weighted by Crippen LogP contribution is 2.66. The minimum atomic E-state index is -0.885. The highest BCUT2D eigenvalue weighted by molar-refractivity contribution is 8.39. The summed E-state index contributed by atoms with van der Waals surface area (Å²) in [6, 6.07) is 46.0. The van der Waals surface area contributed by atoms with Crippen LogP contribution in [0.5, 0.6) is 0 Å². The van der Waals surface area contributed by atoms with Gasteiger partial charge in [0.2, 0.25) is 0 Å². The maximum absolute atomic E-state index is 2.50. The quantitative estimate of drug-likeness (QED) is 0.143. The van der Waals surface area contributed by atoms with Gasteiger partial charge < -0.3 is 0 Å². The third-order valence-electron chi connectivity index (χ3n) is 9.25. The highest BCUT2D eigenvalue weighted by atomic mass is 32.3. The van der Waals surface area contributed by atoms with Crippen LogP contribution in [0.4, 0.5) is 0 Å². The molecule has 1 heterocycles. The second-order valence-corrected chi connectivity index (χ2v) is 20.6. The number of rotatable bonds is 4. The molecule has 0 nitrogen and oxygen atoms in total. The molecular weight excluding hydrogens is 545 g/mol. The Labute approximate surface area is 252 Å². The van der Waals surface area contributed by atoms with Crippen LogP contribution in [0.15, 0.2) is 131 Å². The van der Waals surface area contributed by atoms with Crippen LogP contribution in [-0.2, 0) is 0 Å². The van der Waals surface area contributed by atoms with E-state index in [9.17, 15) is 0 Å². The third kappa shape index (κ3) is 3.92. The van der Waals surface area contributed by atoms with Crippen LogP contribution in [0.3, 0.4) is 0 Å². The Bertz CT molecular complexity index is 1990. The first-order valence-electron chi connectivity index (χ1n) is 14.7. The van der Waals surface area contributed by atoms with Crippen molar-refractivity contribution in [3.8, 4) is 22.3 Å². The maximum atomic E-state index is 2.50. The minimum absolute atomic E-state index is 0.639. The van der Waals surface area contributed by atoms with Crippen LogP contribution < -0.4 is 0 Å². The van der Waals surface area contributed by atoms with Crippen molar-refractivity contribution in [1.29, 1.82) is 0 Å². The molecule has 208 valence electrons. The maximum Gasteiger partial charge on any atom is -0.00201 e. The molecule has 0 amide bonds. The summed E-state index contributed by atoms with van der Waals surface area (Å²) in [7, 11) is -1.52. The molecule has 1 saturated heterocycles. The van der Waals surface area contributed by atoms with Crippen molar-refractivity contribution in [1.82, 2.24) is 0 Å². The van der Waals surface area contributed by atoms with E-state index in [1.807, 2.05) is 0 Å². The van der Waals surface area contributed by atoms with E-state index in [0.717, 1.165) is 0 Å². The molecule has 2 heteroatoms. The molecule has 1 aliphatic rings. The topological polar surface area (TPSA) is 0 Å². The molecule has 0 spiro atoms. The van der Waals surface area contributed by atoms with Gasteiger partial charge in [0, 0.05) is 0 Å². The van der Waals surface area contributed by atoms with Gasteiger partial charge in [-0.15, -0.1) is 0 Å². The lowest BCUT2D eigenvalue weighted by Crippen LogP contribution is -1.97. The lowest BCUT2D eigenvalue weighted by molar-refractivity contribution is 1.51. The normalized spacial score (nSPS) is 15.8. The van der Waals surface area contributed by atoms with Gasteiger partial charge in [0.25, 0.3) is 0 Å². The van der Waals surface area contributed by atoms with E-state index in [-0.39, 0.29) is 0 Å². The average molecular weight is 581 g/mol. The Morgan fingerprint density at radius 2 is 0.810 bits per heavy atom. The summed E-state index contributed by atoms with van der Waals surface area (Å²) in [5, 5.41) is 10.8. The van der Waals surface area contributed by atoms with Crippen LogP contribution >= 0.6 is 20.1 Å². The number of hydrogen-bond acceptors (Lipinski definition) is 0. The Hall–Kier alpha value is -3.72. The largest absolute Gasteiger partial charge is 0.223 e. The summed E-state index contributed by atoms with van der Waals surface area (Å²) < 4.78 is 0. The molecule has 7 aromatic rings. The average Bonchev–Trinajstić information content (AvgIpc) is 3.76. The zero-order valence-electron chi connectivity index (χ0n) is 24.8. The fourth-order valence-electron chi connectivity index (χ4n) is 7.00. The van der Waals surface area contributed by atoms with Crippen LogP contribution in [0.1, 0.15) is 0 Å². The van der Waals surface area contributed by atoms with E-state index in [1.165, 1.54) is 81.7 Å². The Balaban J connectivity index is 1.50. The van der Waals surface area contributed by atoms with E-state index in [0.29, 0.717) is 0 Å². The first-order valence-corrected chi connectivity index (χ1v) is 20.0. The van der Waals surface area contributed by atoms with E-state index < -0.39 is 20.1 Å². The smallest absolute Gasteiger partial charge is 0.00201 e. The fourth-order valence-corrected chi connectivity index (χ4v) is 10.9. The number of benzene rings is 7. The van der Waals surface area contributed by atoms with Gasteiger partial charge in [-0.1, -0.05) is 109 Å². The molecule has 0 atom stereocenters. The van der Waals surface area contributed by atoms with Crippen LogP contribution in [-0.4, -0.2) is 36.5 Å². The summed E-state index contributed by atoms with van der Waals surface area (Å²) in [6.45, 7) is 0. The van der Waals surface area contributed by atoms with Crippen molar-refractivity contribution < 1.29 is 0 Å². The monoisotopic (exact) mass is 580 g/mol. The molecule has 0 N–H and O–H groups in total. The van der Waals surface area contributed by atoms with Crippen LogP contribution in [0.25, 0.3) is 65.3 Å². The molecule has 0 radical (unpaired) electrons. The lowest BCUT2D eigenvalue weighted by atomic mass is 9.84. The Morgan fingerprint density at radius 1 is 0.429 bits per heavy atom. The van der Waals surface area contributed by atoms with Crippen molar-refractivity contribution in [2.75, 3.05) is 36.5 Å². The van der Waals surface area contributed by atoms with Crippen molar-refractivity contribution in [2.45, 2.75) is 9.79 Å². The number of hydrogen-bond donors (Lipinski definition) is 0. The molecule has 8 rings (SSSR count). The molecule has 1 fully saturated rings. The van der Waals surface area contributed by atoms with Crippen LogP contribution in [0, 0.1) is 0 Å². The van der Waals surface area contributed by atoms with Gasteiger partial charge in [0.05, 0.1) is 0 Å². The van der Waals surface area contributed by atoms with Gasteiger partial charge in [-0.25, -0.2) is 20.1 Å². The van der Waals surface area contributed by atoms with Gasteiger partial charge in [0.15, 0.2) is 0 Å². The summed E-state index contributed by atoms with van der Waals surface area (Å²) in [6.07, 6.45) is 9.70. The van der Waals surface area contributed by atoms with Gasteiger partial charge in [-0.3, -0.25) is 0 Å². The molecule has 0 aliphatic carbocycles. The molecule has 7 aromatic carbocycles. The minimum Gasteiger partial charge on any atom is -0.223 e. The van der Waals surface area contributed by atoms with E-state index in [4.69, 9.17) is 0 Å². The van der Waals surface area contributed by atoms with Gasteiger partial charge in [-0.05, 0) is 124 Å². The molecule has 0 bridgehead atoms. The first-order chi connectivity index (χ1) is 20.4. The molecule has 1 aliphatic heterocycles. The van der Waals surface area contributed by atoms with Crippen molar-refractivity contribution >= 4 is 63.1 Å². The van der Waals surface area contributed by atoms with E-state index in [2.05, 4.69) is 146 Å². The Morgan fingerprint density at radius 3 is 1.26 bits per heavy atom. The highest BCUT2D eigenvalue weighted by Gasteiger charge is 2.35. The molecule has 42 heavy (non-hydrogen) atoms. The summed E-state index contributed by atoms with van der Waals surface area (Å²) in [5.74, 6) is 2.72. The first kappa shape index (κ1) is 25.9. The van der Waals surface area contributed by atoms with Gasteiger partial charge in [0.1, 0.15) is 0 Å². The fraction of sp³-hybridized carbons (Fsp3) is 0.150. The number of fused-ring (bicyclic) bond motifs is 4. The zero-order valence-corrected chi connectivity index (χ0v) is 26.4. The predicted octanol–water partition coefficient (Wildman–Crippen LogP) is 11.5. The summed E-state index contributed by atoms with van der Waals surface area (Å²) in [5.41, 5.74) is 5.35. The summed E-state index contributed by atoms with van der Waals surface area (Å²) >= 11 is 0. The van der Waals surface area contributed by atoms with Gasteiger partial charge in [-0.2, -0.15) is 0 Å². The van der Waals surface area contributed by atoms with E-state index in [1.54, 1.807) is 4.90 Å². The van der Waals surface area contributed by atoms with Gasteiger partial charge >= 0.3 is 0 Å². The molecule has 0 saturated carbocycles. The van der Waals surface area contributed by atoms with E-state index >= 15 is 0 Å². The van der Waals surface area contributed by atoms with Crippen molar-refractivity contribution in [2.24, 2.45) is 0 Å². The van der Waals surface area contributed by atoms with Crippen molar-refractivity contribution in [3.63, 3.8) is 0 Å². The predicted molar refractivity (Wildman–Crippen MR) is 192 cm³/mol. The van der Waals surface area contributed by atoms with Crippen molar-refractivity contribution in [3.05, 3.63) is 121 Å².